The van der Waals surface area contributed by atoms with E-state index in [0.29, 0.717) is 6.04 Å². The van der Waals surface area contributed by atoms with Gasteiger partial charge in [-0.05, 0) is 36.8 Å². The van der Waals surface area contributed by atoms with Gasteiger partial charge in [0.2, 0.25) is 0 Å². The van der Waals surface area contributed by atoms with Gasteiger partial charge in [-0.25, -0.2) is 0 Å². The molecule has 0 heterocycles. The molecule has 1 aliphatic rings. The van der Waals surface area contributed by atoms with Crippen LogP contribution in [0.2, 0.25) is 0 Å². The van der Waals surface area contributed by atoms with Gasteiger partial charge in [-0.15, -0.1) is 0 Å². The van der Waals surface area contributed by atoms with Crippen molar-refractivity contribution in [3.05, 3.63) is 29.8 Å². The maximum Gasteiger partial charge on any atom is 0.122 e. The van der Waals surface area contributed by atoms with Crippen LogP contribution in [0.1, 0.15) is 31.2 Å². The molecule has 1 fully saturated rings. The summed E-state index contributed by atoms with van der Waals surface area (Å²) in [4.78, 5) is 0. The highest BCUT2D eigenvalue weighted by Crippen LogP contribution is 2.34. The van der Waals surface area contributed by atoms with Gasteiger partial charge < -0.3 is 4.74 Å². The fourth-order valence-corrected chi connectivity index (χ4v) is 2.22. The zero-order valence-corrected chi connectivity index (χ0v) is 10.5. The van der Waals surface area contributed by atoms with Gasteiger partial charge in [0.05, 0.1) is 7.11 Å². The minimum absolute atomic E-state index is 0.354. The summed E-state index contributed by atoms with van der Waals surface area (Å²) in [6.07, 6.45) is 6.20. The van der Waals surface area contributed by atoms with E-state index in [-0.39, 0.29) is 0 Å². The third kappa shape index (κ3) is 3.72. The molecule has 17 heavy (non-hydrogen) atoms. The van der Waals surface area contributed by atoms with Crippen LogP contribution in [0.3, 0.4) is 0 Å². The Bertz CT molecular complexity index is 350. The standard InChI is InChI=1S/C14H22N2O/c1-17-14-5-3-2-4-12(14)10-13(16-15)9-8-11-6-7-11/h2-5,11,13,16H,6-10,15H2,1H3. The highest BCUT2D eigenvalue weighted by molar-refractivity contribution is 5.33. The fraction of sp³-hybridized carbons (Fsp3) is 0.571. The van der Waals surface area contributed by atoms with E-state index in [1.165, 1.54) is 24.8 Å². The van der Waals surface area contributed by atoms with Gasteiger partial charge in [0.1, 0.15) is 5.75 Å². The van der Waals surface area contributed by atoms with E-state index in [2.05, 4.69) is 11.5 Å². The first-order valence-corrected chi connectivity index (χ1v) is 6.41. The number of ether oxygens (including phenoxy) is 1. The molecule has 0 aromatic heterocycles. The molecule has 3 nitrogen and oxygen atoms in total. The summed E-state index contributed by atoms with van der Waals surface area (Å²) in [6, 6.07) is 8.51. The van der Waals surface area contributed by atoms with E-state index in [0.717, 1.165) is 24.5 Å². The number of benzene rings is 1. The van der Waals surface area contributed by atoms with Crippen molar-refractivity contribution < 1.29 is 4.74 Å². The monoisotopic (exact) mass is 234 g/mol. The first-order valence-electron chi connectivity index (χ1n) is 6.41. The van der Waals surface area contributed by atoms with Gasteiger partial charge in [-0.2, -0.15) is 0 Å². The zero-order valence-electron chi connectivity index (χ0n) is 10.5. The van der Waals surface area contributed by atoms with Crippen molar-refractivity contribution in [2.45, 2.75) is 38.1 Å². The summed E-state index contributed by atoms with van der Waals surface area (Å²) in [5, 5.41) is 0. The largest absolute Gasteiger partial charge is 0.496 e. The van der Waals surface area contributed by atoms with Crippen molar-refractivity contribution >= 4 is 0 Å². The molecule has 1 atom stereocenters. The molecule has 1 aromatic rings. The third-order valence-electron chi connectivity index (χ3n) is 3.51. The average molecular weight is 234 g/mol. The van der Waals surface area contributed by atoms with Crippen LogP contribution < -0.4 is 16.0 Å². The molecular weight excluding hydrogens is 212 g/mol. The Hall–Kier alpha value is -1.06. The topological polar surface area (TPSA) is 47.3 Å². The summed E-state index contributed by atoms with van der Waals surface area (Å²) >= 11 is 0. The molecule has 0 aliphatic heterocycles. The molecule has 3 N–H and O–H groups in total. The van der Waals surface area contributed by atoms with Gasteiger partial charge in [0.25, 0.3) is 0 Å². The molecule has 0 bridgehead atoms. The number of methoxy groups -OCH3 is 1. The number of nitrogens with two attached hydrogens (primary N) is 1. The number of hydrogen-bond acceptors (Lipinski definition) is 3. The average Bonchev–Trinajstić information content (AvgIpc) is 3.19. The summed E-state index contributed by atoms with van der Waals surface area (Å²) in [6.45, 7) is 0. The number of para-hydroxylation sites is 1. The molecule has 0 amide bonds. The van der Waals surface area contributed by atoms with Crippen molar-refractivity contribution in [1.29, 1.82) is 0 Å². The highest BCUT2D eigenvalue weighted by Gasteiger charge is 2.22. The molecule has 0 saturated heterocycles. The molecule has 1 saturated carbocycles. The van der Waals surface area contributed by atoms with Crippen molar-refractivity contribution in [3.63, 3.8) is 0 Å². The molecule has 1 aliphatic carbocycles. The Morgan fingerprint density at radius 1 is 1.41 bits per heavy atom. The lowest BCUT2D eigenvalue weighted by atomic mass is 10.0. The molecule has 1 aromatic carbocycles. The number of hydrogen-bond donors (Lipinski definition) is 2. The Kier molecular flexibility index (Phi) is 4.40. The smallest absolute Gasteiger partial charge is 0.122 e. The van der Waals surface area contributed by atoms with E-state index < -0.39 is 0 Å². The lowest BCUT2D eigenvalue weighted by molar-refractivity contribution is 0.400. The van der Waals surface area contributed by atoms with Crippen molar-refractivity contribution in [3.8, 4) is 5.75 Å². The molecule has 94 valence electrons. The summed E-state index contributed by atoms with van der Waals surface area (Å²) in [7, 11) is 1.72. The van der Waals surface area contributed by atoms with E-state index >= 15 is 0 Å². The van der Waals surface area contributed by atoms with Gasteiger partial charge >= 0.3 is 0 Å². The second-order valence-corrected chi connectivity index (χ2v) is 4.90. The van der Waals surface area contributed by atoms with E-state index in [1.54, 1.807) is 7.11 Å². The Balaban J connectivity index is 1.91. The Labute approximate surface area is 103 Å². The predicted octanol–water partition coefficient (Wildman–Crippen LogP) is 2.26. The van der Waals surface area contributed by atoms with E-state index in [1.807, 2.05) is 18.2 Å². The van der Waals surface area contributed by atoms with Crippen LogP contribution in [0.4, 0.5) is 0 Å². The van der Waals surface area contributed by atoms with Gasteiger partial charge in [0, 0.05) is 6.04 Å². The van der Waals surface area contributed by atoms with Crippen molar-refractivity contribution in [2.24, 2.45) is 11.8 Å². The van der Waals surface area contributed by atoms with Crippen LogP contribution in [0.25, 0.3) is 0 Å². The van der Waals surface area contributed by atoms with Crippen LogP contribution in [-0.2, 0) is 6.42 Å². The highest BCUT2D eigenvalue weighted by atomic mass is 16.5. The van der Waals surface area contributed by atoms with Crippen LogP contribution >= 0.6 is 0 Å². The molecule has 0 radical (unpaired) electrons. The lowest BCUT2D eigenvalue weighted by Gasteiger charge is -2.17. The fourth-order valence-electron chi connectivity index (χ4n) is 2.22. The Morgan fingerprint density at radius 3 is 2.82 bits per heavy atom. The summed E-state index contributed by atoms with van der Waals surface area (Å²) in [5.41, 5.74) is 4.16. The maximum absolute atomic E-state index is 5.63. The van der Waals surface area contributed by atoms with Crippen molar-refractivity contribution in [2.75, 3.05) is 7.11 Å². The van der Waals surface area contributed by atoms with Gasteiger partial charge in [0.15, 0.2) is 0 Å². The lowest BCUT2D eigenvalue weighted by Crippen LogP contribution is -2.36. The van der Waals surface area contributed by atoms with Crippen LogP contribution in [0.15, 0.2) is 24.3 Å². The van der Waals surface area contributed by atoms with Gasteiger partial charge in [-0.3, -0.25) is 11.3 Å². The van der Waals surface area contributed by atoms with Crippen LogP contribution in [-0.4, -0.2) is 13.2 Å². The Morgan fingerprint density at radius 2 is 2.18 bits per heavy atom. The molecule has 1 unspecified atom stereocenters. The summed E-state index contributed by atoms with van der Waals surface area (Å²) in [5.74, 6) is 7.55. The van der Waals surface area contributed by atoms with Crippen LogP contribution in [0, 0.1) is 5.92 Å². The zero-order chi connectivity index (χ0) is 12.1. The number of nitrogens with one attached hydrogen (secondary N) is 1. The first kappa shape index (κ1) is 12.4. The number of hydrazine groups is 1. The quantitative estimate of drug-likeness (QED) is 0.562. The minimum atomic E-state index is 0.354. The summed E-state index contributed by atoms with van der Waals surface area (Å²) < 4.78 is 5.36. The molecule has 3 heteroatoms. The predicted molar refractivity (Wildman–Crippen MR) is 69.8 cm³/mol. The second-order valence-electron chi connectivity index (χ2n) is 4.90. The third-order valence-corrected chi connectivity index (χ3v) is 3.51. The second kappa shape index (κ2) is 6.03. The molecule has 0 spiro atoms. The molecular formula is C14H22N2O. The molecule has 2 rings (SSSR count). The number of rotatable bonds is 7. The van der Waals surface area contributed by atoms with E-state index in [9.17, 15) is 0 Å². The van der Waals surface area contributed by atoms with Crippen molar-refractivity contribution in [1.82, 2.24) is 5.43 Å². The van der Waals surface area contributed by atoms with E-state index in [4.69, 9.17) is 10.6 Å². The SMILES string of the molecule is COc1ccccc1CC(CCC1CC1)NN. The first-order chi connectivity index (χ1) is 8.33. The minimum Gasteiger partial charge on any atom is -0.496 e. The maximum atomic E-state index is 5.63. The normalized spacial score (nSPS) is 16.8. The van der Waals surface area contributed by atoms with Gasteiger partial charge in [-0.1, -0.05) is 31.0 Å². The van der Waals surface area contributed by atoms with Crippen LogP contribution in [0.5, 0.6) is 5.75 Å².